The summed E-state index contributed by atoms with van der Waals surface area (Å²) in [6, 6.07) is 9.44. The van der Waals surface area contributed by atoms with Crippen LogP contribution in [-0.2, 0) is 34.0 Å². The average Bonchev–Trinajstić information content (AvgIpc) is 2.69. The Morgan fingerprint density at radius 2 is 1.65 bits per heavy atom. The van der Waals surface area contributed by atoms with Gasteiger partial charge in [-0.25, -0.2) is 8.42 Å². The molecule has 10 heteroatoms. The number of rotatable bonds is 6. The molecule has 1 saturated heterocycles. The molecular weight excluding hydrogens is 433 g/mol. The molecule has 3 rings (SSSR count). The summed E-state index contributed by atoms with van der Waals surface area (Å²) in [4.78, 5) is 13.1. The zero-order valence-electron chi connectivity index (χ0n) is 16.9. The van der Waals surface area contributed by atoms with Crippen LogP contribution in [0.25, 0.3) is 0 Å². The number of hydrogen-bond donors (Lipinski definition) is 1. The third-order valence-electron chi connectivity index (χ3n) is 5.32. The molecule has 0 amide bonds. The minimum absolute atomic E-state index is 0.0607. The quantitative estimate of drug-likeness (QED) is 0.723. The van der Waals surface area contributed by atoms with Gasteiger partial charge in [-0.3, -0.25) is 9.69 Å². The van der Waals surface area contributed by atoms with E-state index in [4.69, 9.17) is 5.11 Å². The van der Waals surface area contributed by atoms with Crippen LogP contribution in [0.15, 0.2) is 47.4 Å². The molecular formula is C21H23F3N2O4S. The van der Waals surface area contributed by atoms with Gasteiger partial charge in [-0.2, -0.15) is 17.5 Å². The monoisotopic (exact) mass is 456 g/mol. The van der Waals surface area contributed by atoms with Gasteiger partial charge < -0.3 is 5.11 Å². The van der Waals surface area contributed by atoms with Crippen LogP contribution in [-0.4, -0.2) is 54.9 Å². The summed E-state index contributed by atoms with van der Waals surface area (Å²) in [6.45, 7) is 3.52. The average molecular weight is 456 g/mol. The highest BCUT2D eigenvalue weighted by Crippen LogP contribution is 2.29. The normalized spacial score (nSPS) is 16.4. The summed E-state index contributed by atoms with van der Waals surface area (Å²) in [5.41, 5.74) is 1.19. The molecule has 0 bridgehead atoms. The molecule has 0 atom stereocenters. The van der Waals surface area contributed by atoms with Gasteiger partial charge in [-0.05, 0) is 47.9 Å². The van der Waals surface area contributed by atoms with Crippen LogP contribution in [0.5, 0.6) is 0 Å². The Hall–Kier alpha value is -2.43. The van der Waals surface area contributed by atoms with Crippen molar-refractivity contribution in [2.24, 2.45) is 0 Å². The molecule has 0 unspecified atom stereocenters. The van der Waals surface area contributed by atoms with Crippen LogP contribution in [0.1, 0.15) is 22.3 Å². The maximum atomic E-state index is 13.0. The number of hydrogen-bond acceptors (Lipinski definition) is 4. The minimum atomic E-state index is -4.38. The van der Waals surface area contributed by atoms with E-state index in [1.54, 1.807) is 13.0 Å². The van der Waals surface area contributed by atoms with Gasteiger partial charge in [0.15, 0.2) is 0 Å². The number of aryl methyl sites for hydroxylation is 1. The van der Waals surface area contributed by atoms with Crippen molar-refractivity contribution in [3.05, 3.63) is 64.7 Å². The Morgan fingerprint density at radius 3 is 2.19 bits per heavy atom. The second kappa shape index (κ2) is 8.97. The topological polar surface area (TPSA) is 77.9 Å². The highest BCUT2D eigenvalue weighted by Gasteiger charge is 2.31. The summed E-state index contributed by atoms with van der Waals surface area (Å²) in [6.07, 6.45) is -4.63. The highest BCUT2D eigenvalue weighted by atomic mass is 32.2. The number of carbonyl (C=O) groups is 1. The lowest BCUT2D eigenvalue weighted by Gasteiger charge is -2.34. The Morgan fingerprint density at radius 1 is 1.03 bits per heavy atom. The number of carboxylic acids is 1. The fraction of sp³-hybridized carbons (Fsp3) is 0.381. The number of carboxylic acid groups (broad SMARTS) is 1. The lowest BCUT2D eigenvalue weighted by molar-refractivity contribution is -0.138. The Bertz CT molecular complexity index is 1050. The van der Waals surface area contributed by atoms with Gasteiger partial charge in [-0.1, -0.05) is 18.2 Å². The first-order chi connectivity index (χ1) is 14.5. The number of halogens is 3. The standard InChI is InChI=1S/C21H23F3N2O4S/c1-15-2-7-19(12-17(15)13-20(27)28)31(29,30)26-10-8-25(9-11-26)14-16-3-5-18(6-4-16)21(22,23)24/h2-7,12H,8-11,13-14H2,1H3,(H,27,28). The van der Waals surface area contributed by atoms with E-state index in [0.717, 1.165) is 17.7 Å². The number of benzene rings is 2. The number of alkyl halides is 3. The first kappa shape index (κ1) is 23.2. The van der Waals surface area contributed by atoms with Crippen molar-refractivity contribution in [1.29, 1.82) is 0 Å². The van der Waals surface area contributed by atoms with Crippen molar-refractivity contribution < 1.29 is 31.5 Å². The third-order valence-corrected chi connectivity index (χ3v) is 7.21. The molecule has 168 valence electrons. The van der Waals surface area contributed by atoms with E-state index >= 15 is 0 Å². The first-order valence-corrected chi connectivity index (χ1v) is 11.1. The van der Waals surface area contributed by atoms with Gasteiger partial charge in [0.05, 0.1) is 16.9 Å². The molecule has 0 radical (unpaired) electrons. The molecule has 2 aromatic rings. The molecule has 1 aliphatic heterocycles. The molecule has 0 spiro atoms. The second-order valence-electron chi connectivity index (χ2n) is 7.53. The van der Waals surface area contributed by atoms with Crippen molar-refractivity contribution in [3.63, 3.8) is 0 Å². The SMILES string of the molecule is Cc1ccc(S(=O)(=O)N2CCN(Cc3ccc(C(F)(F)F)cc3)CC2)cc1CC(=O)O. The molecule has 1 fully saturated rings. The molecule has 0 aromatic heterocycles. The van der Waals surface area contributed by atoms with E-state index in [0.29, 0.717) is 30.8 Å². The van der Waals surface area contributed by atoms with Gasteiger partial charge in [0.1, 0.15) is 0 Å². The molecule has 0 aliphatic carbocycles. The lowest BCUT2D eigenvalue weighted by Crippen LogP contribution is -2.48. The molecule has 6 nitrogen and oxygen atoms in total. The van der Waals surface area contributed by atoms with Crippen LogP contribution in [0, 0.1) is 6.92 Å². The predicted molar refractivity (Wildman–Crippen MR) is 108 cm³/mol. The molecule has 31 heavy (non-hydrogen) atoms. The molecule has 0 saturated carbocycles. The number of piperazine rings is 1. The summed E-state index contributed by atoms with van der Waals surface area (Å²) in [5, 5.41) is 9.02. The zero-order valence-corrected chi connectivity index (χ0v) is 17.7. The predicted octanol–water partition coefficient (Wildman–Crippen LogP) is 3.15. The summed E-state index contributed by atoms with van der Waals surface area (Å²) >= 11 is 0. The van der Waals surface area contributed by atoms with E-state index < -0.39 is 27.7 Å². The van der Waals surface area contributed by atoms with E-state index in [2.05, 4.69) is 0 Å². The van der Waals surface area contributed by atoms with E-state index in [1.807, 2.05) is 4.90 Å². The second-order valence-corrected chi connectivity index (χ2v) is 9.47. The minimum Gasteiger partial charge on any atom is -0.481 e. The molecule has 1 N–H and O–H groups in total. The van der Waals surface area contributed by atoms with Crippen LogP contribution < -0.4 is 0 Å². The van der Waals surface area contributed by atoms with Crippen molar-refractivity contribution in [2.75, 3.05) is 26.2 Å². The molecule has 2 aromatic carbocycles. The van der Waals surface area contributed by atoms with Crippen molar-refractivity contribution in [1.82, 2.24) is 9.21 Å². The molecule has 1 aliphatic rings. The largest absolute Gasteiger partial charge is 0.481 e. The third kappa shape index (κ3) is 5.63. The smallest absolute Gasteiger partial charge is 0.416 e. The fourth-order valence-electron chi connectivity index (χ4n) is 3.50. The van der Waals surface area contributed by atoms with E-state index in [-0.39, 0.29) is 24.4 Å². The van der Waals surface area contributed by atoms with Crippen molar-refractivity contribution in [2.45, 2.75) is 31.0 Å². The van der Waals surface area contributed by atoms with Gasteiger partial charge in [-0.15, -0.1) is 0 Å². The van der Waals surface area contributed by atoms with Gasteiger partial charge in [0, 0.05) is 32.7 Å². The summed E-state index contributed by atoms with van der Waals surface area (Å²) in [7, 11) is -3.77. The zero-order chi connectivity index (χ0) is 22.8. The number of aliphatic carboxylic acids is 1. The Labute approximate surface area is 178 Å². The Balaban J connectivity index is 1.64. The van der Waals surface area contributed by atoms with E-state index in [9.17, 15) is 26.4 Å². The van der Waals surface area contributed by atoms with Crippen LogP contribution in [0.2, 0.25) is 0 Å². The van der Waals surface area contributed by atoms with Gasteiger partial charge >= 0.3 is 12.1 Å². The summed E-state index contributed by atoms with van der Waals surface area (Å²) in [5.74, 6) is -1.03. The Kier molecular flexibility index (Phi) is 6.73. The van der Waals surface area contributed by atoms with Gasteiger partial charge in [0.2, 0.25) is 10.0 Å². The number of nitrogens with zero attached hydrogens (tertiary/aromatic N) is 2. The summed E-state index contributed by atoms with van der Waals surface area (Å²) < 4.78 is 65.4. The highest BCUT2D eigenvalue weighted by molar-refractivity contribution is 7.89. The van der Waals surface area contributed by atoms with Crippen molar-refractivity contribution >= 4 is 16.0 Å². The maximum absolute atomic E-state index is 13.0. The first-order valence-electron chi connectivity index (χ1n) is 9.67. The fourth-order valence-corrected chi connectivity index (χ4v) is 4.97. The van der Waals surface area contributed by atoms with E-state index in [1.165, 1.54) is 28.6 Å². The molecule has 1 heterocycles. The van der Waals surface area contributed by atoms with Crippen LogP contribution in [0.3, 0.4) is 0 Å². The van der Waals surface area contributed by atoms with Crippen molar-refractivity contribution in [3.8, 4) is 0 Å². The van der Waals surface area contributed by atoms with Crippen LogP contribution >= 0.6 is 0 Å². The lowest BCUT2D eigenvalue weighted by atomic mass is 10.1. The number of sulfonamides is 1. The van der Waals surface area contributed by atoms with Crippen LogP contribution in [0.4, 0.5) is 13.2 Å². The maximum Gasteiger partial charge on any atom is 0.416 e. The van der Waals surface area contributed by atoms with Gasteiger partial charge in [0.25, 0.3) is 0 Å².